The van der Waals surface area contributed by atoms with Crippen molar-refractivity contribution in [3.05, 3.63) is 65.2 Å². The van der Waals surface area contributed by atoms with Crippen LogP contribution in [0.15, 0.2) is 48.5 Å². The number of esters is 1. The van der Waals surface area contributed by atoms with E-state index in [9.17, 15) is 18.0 Å². The zero-order valence-electron chi connectivity index (χ0n) is 12.7. The molecule has 2 aromatic carbocycles. The Morgan fingerprint density at radius 3 is 2.13 bits per heavy atom. The summed E-state index contributed by atoms with van der Waals surface area (Å²) in [4.78, 5) is 12.0. The van der Waals surface area contributed by atoms with Crippen molar-refractivity contribution in [3.8, 4) is 5.75 Å². The molecule has 0 aliphatic heterocycles. The van der Waals surface area contributed by atoms with Gasteiger partial charge in [0.25, 0.3) is 0 Å². The largest absolute Gasteiger partial charge is 0.423 e. The van der Waals surface area contributed by atoms with E-state index in [2.05, 4.69) is 6.92 Å². The number of aryl methyl sites for hydroxylation is 1. The summed E-state index contributed by atoms with van der Waals surface area (Å²) in [6, 6.07) is 11.1. The molecule has 0 bridgehead atoms. The number of hydrogen-bond donors (Lipinski definition) is 0. The van der Waals surface area contributed by atoms with Crippen molar-refractivity contribution < 1.29 is 22.7 Å². The van der Waals surface area contributed by atoms with Crippen molar-refractivity contribution in [2.45, 2.75) is 32.4 Å². The number of carbonyl (C=O) groups is 1. The topological polar surface area (TPSA) is 26.3 Å². The van der Waals surface area contributed by atoms with E-state index in [-0.39, 0.29) is 5.75 Å². The quantitative estimate of drug-likeness (QED) is 0.554. The fourth-order valence-electron chi connectivity index (χ4n) is 2.07. The van der Waals surface area contributed by atoms with Crippen LogP contribution < -0.4 is 4.74 Å². The number of rotatable bonds is 5. The lowest BCUT2D eigenvalue weighted by molar-refractivity contribution is -0.137. The summed E-state index contributed by atoms with van der Waals surface area (Å²) in [6.07, 6.45) is -1.28. The molecule has 23 heavy (non-hydrogen) atoms. The number of alkyl halides is 3. The van der Waals surface area contributed by atoms with Gasteiger partial charge in [0.05, 0.1) is 11.1 Å². The molecule has 0 spiro atoms. The molecular weight excluding hydrogens is 305 g/mol. The Labute approximate surface area is 132 Å². The van der Waals surface area contributed by atoms with Crippen LogP contribution in [0.2, 0.25) is 0 Å². The lowest BCUT2D eigenvalue weighted by Crippen LogP contribution is -2.09. The van der Waals surface area contributed by atoms with Crippen molar-refractivity contribution in [3.63, 3.8) is 0 Å². The smallest absolute Gasteiger partial charge is 0.416 e. The van der Waals surface area contributed by atoms with E-state index in [0.717, 1.165) is 49.1 Å². The maximum absolute atomic E-state index is 12.5. The first-order valence-corrected chi connectivity index (χ1v) is 7.38. The highest BCUT2D eigenvalue weighted by Gasteiger charge is 2.30. The molecule has 2 nitrogen and oxygen atoms in total. The first-order chi connectivity index (χ1) is 10.9. The summed E-state index contributed by atoms with van der Waals surface area (Å²) < 4.78 is 42.5. The minimum Gasteiger partial charge on any atom is -0.423 e. The van der Waals surface area contributed by atoms with Crippen LogP contribution in [-0.2, 0) is 12.6 Å². The Bertz CT molecular complexity index is 643. The lowest BCUT2D eigenvalue weighted by Gasteiger charge is -2.08. The minimum atomic E-state index is -4.41. The van der Waals surface area contributed by atoms with Gasteiger partial charge in [-0.15, -0.1) is 0 Å². The highest BCUT2D eigenvalue weighted by molar-refractivity contribution is 5.91. The van der Waals surface area contributed by atoms with Crippen LogP contribution in [0, 0.1) is 0 Å². The number of carbonyl (C=O) groups excluding carboxylic acids is 1. The Balaban J connectivity index is 2.01. The van der Waals surface area contributed by atoms with Gasteiger partial charge >= 0.3 is 12.1 Å². The second kappa shape index (κ2) is 7.31. The van der Waals surface area contributed by atoms with Crippen LogP contribution in [-0.4, -0.2) is 5.97 Å². The van der Waals surface area contributed by atoms with E-state index in [4.69, 9.17) is 4.74 Å². The van der Waals surface area contributed by atoms with Gasteiger partial charge in [0, 0.05) is 0 Å². The van der Waals surface area contributed by atoms with Gasteiger partial charge in [-0.1, -0.05) is 25.5 Å². The SMILES string of the molecule is CCCCc1ccc(C(=O)Oc2ccc(C(F)(F)F)cc2)cc1. The molecule has 5 heteroatoms. The maximum Gasteiger partial charge on any atom is 0.416 e. The average Bonchev–Trinajstić information content (AvgIpc) is 2.53. The Morgan fingerprint density at radius 2 is 1.61 bits per heavy atom. The van der Waals surface area contributed by atoms with Gasteiger partial charge in [-0.05, 0) is 54.8 Å². The van der Waals surface area contributed by atoms with Crippen molar-refractivity contribution >= 4 is 5.97 Å². The Kier molecular flexibility index (Phi) is 5.42. The second-order valence-corrected chi connectivity index (χ2v) is 5.21. The summed E-state index contributed by atoms with van der Waals surface area (Å²) >= 11 is 0. The third-order valence-corrected chi connectivity index (χ3v) is 3.40. The number of unbranched alkanes of at least 4 members (excludes halogenated alkanes) is 1. The molecule has 2 aromatic rings. The Hall–Kier alpha value is -2.30. The molecule has 0 atom stereocenters. The average molecular weight is 322 g/mol. The maximum atomic E-state index is 12.5. The molecule has 0 saturated carbocycles. The zero-order valence-corrected chi connectivity index (χ0v) is 12.7. The third kappa shape index (κ3) is 4.84. The highest BCUT2D eigenvalue weighted by atomic mass is 19.4. The predicted octanol–water partition coefficient (Wildman–Crippen LogP) is 5.27. The molecule has 0 heterocycles. The molecule has 0 saturated heterocycles. The van der Waals surface area contributed by atoms with E-state index >= 15 is 0 Å². The fourth-order valence-corrected chi connectivity index (χ4v) is 2.07. The first-order valence-electron chi connectivity index (χ1n) is 7.38. The third-order valence-electron chi connectivity index (χ3n) is 3.40. The molecule has 0 aliphatic rings. The van der Waals surface area contributed by atoms with Crippen LogP contribution in [0.4, 0.5) is 13.2 Å². The van der Waals surface area contributed by atoms with Gasteiger partial charge in [-0.2, -0.15) is 13.2 Å². The lowest BCUT2D eigenvalue weighted by atomic mass is 10.1. The summed E-state index contributed by atoms with van der Waals surface area (Å²) in [7, 11) is 0. The summed E-state index contributed by atoms with van der Waals surface area (Å²) in [5.74, 6) is -0.509. The van der Waals surface area contributed by atoms with Gasteiger partial charge in [0.1, 0.15) is 5.75 Å². The van der Waals surface area contributed by atoms with E-state index in [1.165, 1.54) is 0 Å². The van der Waals surface area contributed by atoms with Crippen molar-refractivity contribution in [1.29, 1.82) is 0 Å². The first kappa shape index (κ1) is 17.1. The number of benzene rings is 2. The highest BCUT2D eigenvalue weighted by Crippen LogP contribution is 2.30. The zero-order chi connectivity index (χ0) is 16.9. The van der Waals surface area contributed by atoms with E-state index in [0.29, 0.717) is 5.56 Å². The van der Waals surface area contributed by atoms with Gasteiger partial charge in [-0.3, -0.25) is 0 Å². The summed E-state index contributed by atoms with van der Waals surface area (Å²) in [5.41, 5.74) is 0.723. The van der Waals surface area contributed by atoms with Gasteiger partial charge in [-0.25, -0.2) is 4.79 Å². The standard InChI is InChI=1S/C18H17F3O2/c1-2-3-4-13-5-7-14(8-6-13)17(22)23-16-11-9-15(10-12-16)18(19,20)21/h5-12H,2-4H2,1H3. The molecule has 2 rings (SSSR count). The van der Waals surface area contributed by atoms with Crippen molar-refractivity contribution in [1.82, 2.24) is 0 Å². The summed E-state index contributed by atoms with van der Waals surface area (Å²) in [5, 5.41) is 0. The van der Waals surface area contributed by atoms with Gasteiger partial charge < -0.3 is 4.74 Å². The van der Waals surface area contributed by atoms with E-state index < -0.39 is 17.7 Å². The van der Waals surface area contributed by atoms with E-state index in [1.54, 1.807) is 12.1 Å². The molecule has 0 unspecified atom stereocenters. The molecule has 122 valence electrons. The number of hydrogen-bond acceptors (Lipinski definition) is 2. The molecule has 0 aromatic heterocycles. The van der Waals surface area contributed by atoms with Crippen LogP contribution >= 0.6 is 0 Å². The van der Waals surface area contributed by atoms with E-state index in [1.807, 2.05) is 12.1 Å². The molecule has 0 fully saturated rings. The fraction of sp³-hybridized carbons (Fsp3) is 0.278. The predicted molar refractivity (Wildman–Crippen MR) is 81.5 cm³/mol. The van der Waals surface area contributed by atoms with Crippen LogP contribution in [0.5, 0.6) is 5.75 Å². The number of halogens is 3. The van der Waals surface area contributed by atoms with Crippen molar-refractivity contribution in [2.24, 2.45) is 0 Å². The van der Waals surface area contributed by atoms with Crippen molar-refractivity contribution in [2.75, 3.05) is 0 Å². The van der Waals surface area contributed by atoms with Crippen LogP contribution in [0.25, 0.3) is 0 Å². The monoisotopic (exact) mass is 322 g/mol. The summed E-state index contributed by atoms with van der Waals surface area (Å²) in [6.45, 7) is 2.11. The molecule has 0 aliphatic carbocycles. The molecular formula is C18H17F3O2. The molecule has 0 radical (unpaired) electrons. The number of ether oxygens (including phenoxy) is 1. The van der Waals surface area contributed by atoms with Crippen LogP contribution in [0.1, 0.15) is 41.3 Å². The Morgan fingerprint density at radius 1 is 1.00 bits per heavy atom. The second-order valence-electron chi connectivity index (χ2n) is 5.21. The van der Waals surface area contributed by atoms with Gasteiger partial charge in [0.15, 0.2) is 0 Å². The van der Waals surface area contributed by atoms with Gasteiger partial charge in [0.2, 0.25) is 0 Å². The normalized spacial score (nSPS) is 11.3. The molecule has 0 amide bonds. The minimum absolute atomic E-state index is 0.0815. The molecule has 0 N–H and O–H groups in total. The van der Waals surface area contributed by atoms with Crippen LogP contribution in [0.3, 0.4) is 0 Å².